The van der Waals surface area contributed by atoms with Gasteiger partial charge in [-0.1, -0.05) is 59.7 Å². The Kier molecular flexibility index (Phi) is 8.43. The molecule has 0 aliphatic carbocycles. The van der Waals surface area contributed by atoms with E-state index in [0.29, 0.717) is 5.56 Å². The van der Waals surface area contributed by atoms with Crippen LogP contribution in [0, 0.1) is 13.8 Å². The van der Waals surface area contributed by atoms with Crippen LogP contribution in [-0.4, -0.2) is 61.7 Å². The molecular formula is C34H35N5O4. The molecule has 3 aromatic carbocycles. The highest BCUT2D eigenvalue weighted by Crippen LogP contribution is 2.22. The lowest BCUT2D eigenvalue weighted by atomic mass is 9.99. The van der Waals surface area contributed by atoms with Gasteiger partial charge in [-0.05, 0) is 49.2 Å². The maximum absolute atomic E-state index is 13.9. The van der Waals surface area contributed by atoms with Crippen molar-refractivity contribution in [3.8, 4) is 11.3 Å². The molecule has 0 bridgehead atoms. The third kappa shape index (κ3) is 6.67. The number of amides is 2. The predicted molar refractivity (Wildman–Crippen MR) is 166 cm³/mol. The third-order valence-corrected chi connectivity index (χ3v) is 7.67. The molecule has 43 heavy (non-hydrogen) atoms. The molecule has 9 nitrogen and oxygen atoms in total. The van der Waals surface area contributed by atoms with E-state index in [2.05, 4.69) is 15.4 Å². The summed E-state index contributed by atoms with van der Waals surface area (Å²) in [6.07, 6.45) is 3.92. The summed E-state index contributed by atoms with van der Waals surface area (Å²) in [5.74, 6) is -2.01. The second-order valence-corrected chi connectivity index (χ2v) is 11.0. The summed E-state index contributed by atoms with van der Waals surface area (Å²) in [6.45, 7) is 3.83. The summed E-state index contributed by atoms with van der Waals surface area (Å²) < 4.78 is 1.73. The van der Waals surface area contributed by atoms with Crippen LogP contribution >= 0.6 is 0 Å². The fourth-order valence-corrected chi connectivity index (χ4v) is 5.44. The number of aromatic amines is 1. The molecule has 2 amide bonds. The highest BCUT2D eigenvalue weighted by Gasteiger charge is 2.32. The number of nitrogens with one attached hydrogen (secondary N) is 2. The smallest absolute Gasteiger partial charge is 0.326 e. The van der Waals surface area contributed by atoms with Gasteiger partial charge in [0.2, 0.25) is 5.91 Å². The topological polar surface area (TPSA) is 120 Å². The van der Waals surface area contributed by atoms with Gasteiger partial charge in [0, 0.05) is 61.4 Å². The quantitative estimate of drug-likeness (QED) is 0.223. The van der Waals surface area contributed by atoms with Crippen LogP contribution in [-0.2, 0) is 29.5 Å². The minimum absolute atomic E-state index is 0.0886. The van der Waals surface area contributed by atoms with Crippen molar-refractivity contribution in [2.75, 3.05) is 7.05 Å². The Bertz CT molecular complexity index is 1770. The molecule has 2 aromatic heterocycles. The third-order valence-electron chi connectivity index (χ3n) is 7.67. The molecule has 0 saturated heterocycles. The lowest BCUT2D eigenvalue weighted by molar-refractivity contribution is -0.142. The van der Waals surface area contributed by atoms with E-state index in [0.717, 1.165) is 44.4 Å². The standard InChI is InChI=1S/C34H35N5O4/c1-21-15-22(2)17-25(16-21)33(41)39(4)31(18-23-9-11-24(12-10-23)28-13-14-38(3)37-28)32(40)36-30(34(42)43)19-26-20-35-29-8-6-5-7-27(26)29/h5-17,20,30-31,35H,18-19H2,1-4H3,(H,36,40)(H,42,43)/t30-,31+/m0/s1. The van der Waals surface area contributed by atoms with Crippen LogP contribution in [0.3, 0.4) is 0 Å². The fourth-order valence-electron chi connectivity index (χ4n) is 5.44. The van der Waals surface area contributed by atoms with E-state index in [1.165, 1.54) is 4.90 Å². The van der Waals surface area contributed by atoms with Crippen LogP contribution in [0.25, 0.3) is 22.2 Å². The Morgan fingerprint density at radius 1 is 0.977 bits per heavy atom. The van der Waals surface area contributed by atoms with Gasteiger partial charge in [0.05, 0.1) is 5.69 Å². The molecule has 0 radical (unpaired) electrons. The maximum Gasteiger partial charge on any atom is 0.326 e. The monoisotopic (exact) mass is 577 g/mol. The number of aryl methyl sites for hydroxylation is 3. The number of nitrogens with zero attached hydrogens (tertiary/aromatic N) is 3. The number of H-pyrrole nitrogens is 1. The number of carboxylic acid groups (broad SMARTS) is 1. The van der Waals surface area contributed by atoms with Gasteiger partial charge < -0.3 is 20.3 Å². The van der Waals surface area contributed by atoms with Crippen molar-refractivity contribution in [1.29, 1.82) is 0 Å². The molecule has 2 atom stereocenters. The number of carbonyl (C=O) groups excluding carboxylic acids is 2. The molecule has 0 spiro atoms. The molecule has 5 aromatic rings. The number of carboxylic acids is 1. The van der Waals surface area contributed by atoms with Crippen LogP contribution in [0.2, 0.25) is 0 Å². The van der Waals surface area contributed by atoms with Gasteiger partial charge in [-0.15, -0.1) is 0 Å². The first-order valence-electron chi connectivity index (χ1n) is 14.1. The number of hydrogen-bond acceptors (Lipinski definition) is 4. The number of aliphatic carboxylic acids is 1. The minimum atomic E-state index is -1.19. The van der Waals surface area contributed by atoms with E-state index in [-0.39, 0.29) is 18.7 Å². The number of para-hydroxylation sites is 1. The molecule has 0 aliphatic heterocycles. The molecule has 9 heteroatoms. The average molecular weight is 578 g/mol. The van der Waals surface area contributed by atoms with Gasteiger partial charge in [0.25, 0.3) is 5.91 Å². The van der Waals surface area contributed by atoms with Crippen molar-refractivity contribution in [3.63, 3.8) is 0 Å². The molecule has 0 fully saturated rings. The minimum Gasteiger partial charge on any atom is -0.480 e. The molecule has 5 rings (SSSR count). The number of likely N-dealkylation sites (N-methyl/N-ethyl adjacent to an activating group) is 1. The van der Waals surface area contributed by atoms with Crippen LogP contribution in [0.1, 0.15) is 32.6 Å². The Morgan fingerprint density at radius 3 is 2.33 bits per heavy atom. The number of rotatable bonds is 10. The van der Waals surface area contributed by atoms with E-state index < -0.39 is 24.0 Å². The number of carbonyl (C=O) groups is 3. The van der Waals surface area contributed by atoms with E-state index in [4.69, 9.17) is 0 Å². The molecule has 220 valence electrons. The fraction of sp³-hybridized carbons (Fsp3) is 0.235. The Hall–Kier alpha value is -5.18. The lowest BCUT2D eigenvalue weighted by Crippen LogP contribution is -2.53. The number of hydrogen-bond donors (Lipinski definition) is 3. The van der Waals surface area contributed by atoms with E-state index >= 15 is 0 Å². The molecule has 2 heterocycles. The largest absolute Gasteiger partial charge is 0.480 e. The van der Waals surface area contributed by atoms with Crippen LogP contribution in [0.5, 0.6) is 0 Å². The first-order valence-corrected chi connectivity index (χ1v) is 14.1. The van der Waals surface area contributed by atoms with Gasteiger partial charge in [0.1, 0.15) is 12.1 Å². The number of aromatic nitrogens is 3. The van der Waals surface area contributed by atoms with Gasteiger partial charge in [-0.3, -0.25) is 14.3 Å². The van der Waals surface area contributed by atoms with E-state index in [1.54, 1.807) is 30.1 Å². The van der Waals surface area contributed by atoms with Gasteiger partial charge in [0.15, 0.2) is 0 Å². The molecule has 0 unspecified atom stereocenters. The van der Waals surface area contributed by atoms with E-state index in [9.17, 15) is 19.5 Å². The van der Waals surface area contributed by atoms with Crippen molar-refractivity contribution in [2.24, 2.45) is 7.05 Å². The van der Waals surface area contributed by atoms with Gasteiger partial charge >= 0.3 is 5.97 Å². The van der Waals surface area contributed by atoms with Gasteiger partial charge in [-0.25, -0.2) is 4.79 Å². The molecular weight excluding hydrogens is 542 g/mol. The first-order chi connectivity index (χ1) is 20.6. The van der Waals surface area contributed by atoms with Crippen LogP contribution < -0.4 is 5.32 Å². The zero-order valence-corrected chi connectivity index (χ0v) is 24.7. The molecule has 0 aliphatic rings. The Labute approximate surface area is 250 Å². The zero-order valence-electron chi connectivity index (χ0n) is 24.7. The van der Waals surface area contributed by atoms with Crippen LogP contribution in [0.4, 0.5) is 0 Å². The average Bonchev–Trinajstić information content (AvgIpc) is 3.60. The van der Waals surface area contributed by atoms with Crippen LogP contribution in [0.15, 0.2) is 85.2 Å². The summed E-state index contributed by atoms with van der Waals surface area (Å²) in [6, 6.07) is 20.6. The Balaban J connectivity index is 1.42. The van der Waals surface area contributed by atoms with Crippen molar-refractivity contribution in [2.45, 2.75) is 38.8 Å². The van der Waals surface area contributed by atoms with Crippen molar-refractivity contribution in [3.05, 3.63) is 113 Å². The SMILES string of the molecule is Cc1cc(C)cc(C(=O)N(C)[C@H](Cc2ccc(-c3ccn(C)n3)cc2)C(=O)N[C@@H](Cc2c[nH]c3ccccc23)C(=O)O)c1. The van der Waals surface area contributed by atoms with Gasteiger partial charge in [-0.2, -0.15) is 5.10 Å². The van der Waals surface area contributed by atoms with Crippen molar-refractivity contribution < 1.29 is 19.5 Å². The number of benzene rings is 3. The second kappa shape index (κ2) is 12.4. The highest BCUT2D eigenvalue weighted by atomic mass is 16.4. The normalized spacial score (nSPS) is 12.6. The summed E-state index contributed by atoms with van der Waals surface area (Å²) in [4.78, 5) is 44.4. The second-order valence-electron chi connectivity index (χ2n) is 11.0. The summed E-state index contributed by atoms with van der Waals surface area (Å²) >= 11 is 0. The maximum atomic E-state index is 13.9. The van der Waals surface area contributed by atoms with Crippen molar-refractivity contribution in [1.82, 2.24) is 25.0 Å². The van der Waals surface area contributed by atoms with E-state index in [1.807, 2.05) is 87.8 Å². The number of fused-ring (bicyclic) bond motifs is 1. The van der Waals surface area contributed by atoms with Crippen molar-refractivity contribution >= 4 is 28.7 Å². The summed E-state index contributed by atoms with van der Waals surface area (Å²) in [5.41, 5.74) is 6.59. The zero-order chi connectivity index (χ0) is 30.7. The lowest BCUT2D eigenvalue weighted by Gasteiger charge is -2.29. The first kappa shape index (κ1) is 29.3. The molecule has 3 N–H and O–H groups in total. The highest BCUT2D eigenvalue weighted by molar-refractivity contribution is 5.98. The summed E-state index contributed by atoms with van der Waals surface area (Å²) in [7, 11) is 3.44. The molecule has 0 saturated carbocycles. The Morgan fingerprint density at radius 2 is 1.67 bits per heavy atom. The predicted octanol–water partition coefficient (Wildman–Crippen LogP) is 4.68. The summed E-state index contributed by atoms with van der Waals surface area (Å²) in [5, 5.41) is 18.1.